The lowest BCUT2D eigenvalue weighted by molar-refractivity contribution is -0.870. The van der Waals surface area contributed by atoms with Crippen LogP contribution in [0, 0.1) is 5.92 Å². The van der Waals surface area contributed by atoms with Gasteiger partial charge in [0.25, 0.3) is 0 Å². The fourth-order valence-electron chi connectivity index (χ4n) is 3.27. The SMILES string of the molecule is CCC(C)CCCCCCCCCCCCC(=O)OCCCOP(O)OCC[N+](C)(C)C. The summed E-state index contributed by atoms with van der Waals surface area (Å²) < 4.78 is 16.5. The predicted octanol–water partition coefficient (Wildman–Crippen LogP) is 6.61. The van der Waals surface area contributed by atoms with Gasteiger partial charge < -0.3 is 23.2 Å². The number of quaternary nitrogens is 1. The van der Waals surface area contributed by atoms with E-state index in [4.69, 9.17) is 13.8 Å². The summed E-state index contributed by atoms with van der Waals surface area (Å²) in [6.07, 6.45) is 16.5. The Bertz CT molecular complexity index is 431. The summed E-state index contributed by atoms with van der Waals surface area (Å²) in [6.45, 7) is 6.56. The summed E-state index contributed by atoms with van der Waals surface area (Å²) in [5.41, 5.74) is 0. The van der Waals surface area contributed by atoms with E-state index in [0.29, 0.717) is 32.7 Å². The summed E-state index contributed by atoms with van der Waals surface area (Å²) in [6, 6.07) is 0. The number of carbonyl (C=O) groups is 1. The van der Waals surface area contributed by atoms with Gasteiger partial charge in [-0.1, -0.05) is 84.5 Å². The number of carbonyl (C=O) groups excluding carboxylic acids is 1. The fourth-order valence-corrected chi connectivity index (χ4v) is 3.87. The van der Waals surface area contributed by atoms with Crippen LogP contribution in [0.25, 0.3) is 0 Å². The van der Waals surface area contributed by atoms with E-state index in [1.807, 2.05) is 0 Å². The largest absolute Gasteiger partial charge is 0.466 e. The lowest BCUT2D eigenvalue weighted by Gasteiger charge is -2.23. The molecule has 0 aromatic rings. The number of unbranched alkanes of at least 4 members (excludes halogenated alkanes) is 9. The molecule has 0 aromatic carbocycles. The van der Waals surface area contributed by atoms with Crippen LogP contribution in [0.1, 0.15) is 104 Å². The highest BCUT2D eigenvalue weighted by Crippen LogP contribution is 2.32. The third-order valence-electron chi connectivity index (χ3n) is 5.74. The van der Waals surface area contributed by atoms with Crippen molar-refractivity contribution in [2.45, 2.75) is 104 Å². The molecule has 0 fully saturated rings. The summed E-state index contributed by atoms with van der Waals surface area (Å²) in [5, 5.41) is 0. The van der Waals surface area contributed by atoms with Gasteiger partial charge in [-0.25, -0.2) is 0 Å². The molecule has 0 spiro atoms. The zero-order valence-corrected chi connectivity index (χ0v) is 22.7. The third-order valence-corrected chi connectivity index (χ3v) is 6.55. The highest BCUT2D eigenvalue weighted by molar-refractivity contribution is 7.40. The maximum Gasteiger partial charge on any atom is 0.330 e. The highest BCUT2D eigenvalue weighted by Gasteiger charge is 2.11. The quantitative estimate of drug-likeness (QED) is 0.0775. The topological polar surface area (TPSA) is 65.0 Å². The Hall–Kier alpha value is -0.260. The van der Waals surface area contributed by atoms with Gasteiger partial charge in [-0.2, -0.15) is 0 Å². The Kier molecular flexibility index (Phi) is 21.1. The molecule has 0 amide bonds. The van der Waals surface area contributed by atoms with E-state index in [0.717, 1.165) is 29.8 Å². The molecule has 6 nitrogen and oxygen atoms in total. The van der Waals surface area contributed by atoms with Crippen molar-refractivity contribution in [1.29, 1.82) is 0 Å². The van der Waals surface area contributed by atoms with Crippen LogP contribution in [-0.2, 0) is 18.6 Å². The van der Waals surface area contributed by atoms with Crippen LogP contribution in [0.2, 0.25) is 0 Å². The van der Waals surface area contributed by atoms with E-state index in [1.54, 1.807) is 0 Å². The van der Waals surface area contributed by atoms with E-state index in [2.05, 4.69) is 35.0 Å². The summed E-state index contributed by atoms with van der Waals surface area (Å²) in [5.74, 6) is 0.761. The van der Waals surface area contributed by atoms with Crippen LogP contribution in [0.15, 0.2) is 0 Å². The highest BCUT2D eigenvalue weighted by atomic mass is 31.2. The van der Waals surface area contributed by atoms with Crippen molar-refractivity contribution >= 4 is 14.6 Å². The molecule has 0 aliphatic rings. The van der Waals surface area contributed by atoms with Crippen molar-refractivity contribution in [3.05, 3.63) is 0 Å². The van der Waals surface area contributed by atoms with Crippen molar-refractivity contribution in [3.8, 4) is 0 Å². The Morgan fingerprint density at radius 1 is 0.812 bits per heavy atom. The molecule has 1 N–H and O–H groups in total. The van der Waals surface area contributed by atoms with Gasteiger partial charge in [0.05, 0.1) is 34.4 Å². The van der Waals surface area contributed by atoms with Gasteiger partial charge >= 0.3 is 14.6 Å². The fraction of sp³-hybridized carbons (Fsp3) is 0.960. The van der Waals surface area contributed by atoms with E-state index in [1.165, 1.54) is 64.2 Å². The molecule has 0 bridgehead atoms. The second kappa shape index (κ2) is 21.3. The molecule has 0 saturated heterocycles. The molecule has 0 aliphatic carbocycles. The standard InChI is InChI=1S/C25H53NO5P/c1-6-24(2)18-15-13-11-9-7-8-10-12-14-16-19-25(27)29-21-17-22-30-32(28)31-23-20-26(3,4)5/h24,28H,6-23H2,1-5H3/q+1. The number of nitrogens with zero attached hydrogens (tertiary/aromatic N) is 1. The molecule has 2 unspecified atom stereocenters. The maximum absolute atomic E-state index is 11.8. The first-order valence-electron chi connectivity index (χ1n) is 13.0. The first-order chi connectivity index (χ1) is 15.2. The first kappa shape index (κ1) is 31.7. The third kappa shape index (κ3) is 24.4. The Morgan fingerprint density at radius 2 is 1.34 bits per heavy atom. The van der Waals surface area contributed by atoms with Gasteiger partial charge in [-0.3, -0.25) is 4.79 Å². The molecule has 0 rings (SSSR count). The van der Waals surface area contributed by atoms with Crippen LogP contribution in [0.4, 0.5) is 0 Å². The zero-order chi connectivity index (χ0) is 24.1. The monoisotopic (exact) mass is 478 g/mol. The van der Waals surface area contributed by atoms with Crippen molar-refractivity contribution in [2.24, 2.45) is 5.92 Å². The van der Waals surface area contributed by atoms with Gasteiger partial charge in [-0.15, -0.1) is 0 Å². The lowest BCUT2D eigenvalue weighted by Crippen LogP contribution is -2.37. The number of ether oxygens (including phenoxy) is 1. The van der Waals surface area contributed by atoms with E-state index in [9.17, 15) is 9.69 Å². The average Bonchev–Trinajstić information content (AvgIpc) is 2.73. The molecule has 0 aromatic heterocycles. The van der Waals surface area contributed by atoms with E-state index >= 15 is 0 Å². The lowest BCUT2D eigenvalue weighted by atomic mass is 9.99. The molecule has 32 heavy (non-hydrogen) atoms. The molecule has 0 aliphatic heterocycles. The Balaban J connectivity index is 3.32. The Morgan fingerprint density at radius 3 is 1.91 bits per heavy atom. The Labute approximate surface area is 200 Å². The average molecular weight is 479 g/mol. The number of hydrogen-bond donors (Lipinski definition) is 1. The maximum atomic E-state index is 11.8. The van der Waals surface area contributed by atoms with Crippen LogP contribution < -0.4 is 0 Å². The summed E-state index contributed by atoms with van der Waals surface area (Å²) >= 11 is 0. The minimum absolute atomic E-state index is 0.132. The van der Waals surface area contributed by atoms with Crippen molar-refractivity contribution < 1.29 is 28.0 Å². The number of rotatable bonds is 23. The van der Waals surface area contributed by atoms with Gasteiger partial charge in [0.1, 0.15) is 13.2 Å². The summed E-state index contributed by atoms with van der Waals surface area (Å²) in [4.78, 5) is 21.4. The molecular formula is C25H53NO5P+. The molecule has 0 radical (unpaired) electrons. The van der Waals surface area contributed by atoms with Gasteiger partial charge in [-0.05, 0) is 12.3 Å². The van der Waals surface area contributed by atoms with E-state index < -0.39 is 8.60 Å². The number of hydrogen-bond acceptors (Lipinski definition) is 5. The minimum atomic E-state index is -1.84. The number of likely N-dealkylation sites (N-methyl/N-ethyl adjacent to an activating group) is 1. The smallest absolute Gasteiger partial charge is 0.330 e. The van der Waals surface area contributed by atoms with Crippen LogP contribution in [0.3, 0.4) is 0 Å². The van der Waals surface area contributed by atoms with Crippen LogP contribution in [0.5, 0.6) is 0 Å². The van der Waals surface area contributed by atoms with Crippen molar-refractivity contribution in [3.63, 3.8) is 0 Å². The second-order valence-electron chi connectivity index (χ2n) is 10.1. The first-order valence-corrected chi connectivity index (χ1v) is 14.1. The molecule has 2 atom stereocenters. The number of esters is 1. The van der Waals surface area contributed by atoms with Crippen LogP contribution in [-0.4, -0.2) is 62.9 Å². The van der Waals surface area contributed by atoms with Gasteiger partial charge in [0.15, 0.2) is 0 Å². The van der Waals surface area contributed by atoms with Crippen molar-refractivity contribution in [1.82, 2.24) is 0 Å². The normalized spacial score (nSPS) is 13.8. The van der Waals surface area contributed by atoms with E-state index in [-0.39, 0.29) is 5.97 Å². The molecule has 0 saturated carbocycles. The molecule has 7 heteroatoms. The molecule has 0 heterocycles. The van der Waals surface area contributed by atoms with Gasteiger partial charge in [0.2, 0.25) is 0 Å². The molecular weight excluding hydrogens is 425 g/mol. The molecule has 192 valence electrons. The van der Waals surface area contributed by atoms with Crippen molar-refractivity contribution in [2.75, 3.05) is 47.5 Å². The van der Waals surface area contributed by atoms with Crippen LogP contribution >= 0.6 is 8.60 Å². The summed E-state index contributed by atoms with van der Waals surface area (Å²) in [7, 11) is 4.36. The second-order valence-corrected chi connectivity index (χ2v) is 11.1. The minimum Gasteiger partial charge on any atom is -0.466 e. The zero-order valence-electron chi connectivity index (χ0n) is 21.8. The van der Waals surface area contributed by atoms with Gasteiger partial charge in [0, 0.05) is 12.8 Å². The predicted molar refractivity (Wildman–Crippen MR) is 134 cm³/mol.